The van der Waals surface area contributed by atoms with Crippen molar-refractivity contribution in [3.63, 3.8) is 0 Å². The largest absolute Gasteiger partial charge is 0.366 e. The van der Waals surface area contributed by atoms with Gasteiger partial charge in [-0.1, -0.05) is 0 Å². The van der Waals surface area contributed by atoms with Crippen LogP contribution in [-0.2, 0) is 0 Å². The van der Waals surface area contributed by atoms with Gasteiger partial charge in [-0.2, -0.15) is 5.26 Å². The van der Waals surface area contributed by atoms with Gasteiger partial charge in [-0.25, -0.2) is 4.98 Å². The van der Waals surface area contributed by atoms with E-state index in [1.165, 1.54) is 12.8 Å². The molecule has 1 fully saturated rings. The maximum atomic E-state index is 9.10. The van der Waals surface area contributed by atoms with Gasteiger partial charge in [0.05, 0.1) is 5.56 Å². The topological polar surface area (TPSA) is 60.7 Å². The van der Waals surface area contributed by atoms with Crippen LogP contribution in [0.2, 0.25) is 0 Å². The lowest BCUT2D eigenvalue weighted by atomic mass is 9.93. The second-order valence-corrected chi connectivity index (χ2v) is 5.62. The average molecular weight is 309 g/mol. The van der Waals surface area contributed by atoms with Gasteiger partial charge in [0.2, 0.25) is 0 Å². The third kappa shape index (κ3) is 3.21. The lowest BCUT2D eigenvalue weighted by Crippen LogP contribution is -2.39. The van der Waals surface area contributed by atoms with Crippen molar-refractivity contribution in [2.45, 2.75) is 25.8 Å². The van der Waals surface area contributed by atoms with Gasteiger partial charge in [-0.05, 0) is 60.8 Å². The molecule has 0 aliphatic carbocycles. The Bertz CT molecular complexity index is 449. The summed E-state index contributed by atoms with van der Waals surface area (Å²) in [4.78, 5) is 4.28. The molecule has 1 aliphatic heterocycles. The predicted molar refractivity (Wildman–Crippen MR) is 75.3 cm³/mol. The Morgan fingerprint density at radius 3 is 3.17 bits per heavy atom. The number of pyridine rings is 1. The molecule has 0 radical (unpaired) electrons. The molecule has 1 saturated heterocycles. The zero-order valence-electron chi connectivity index (χ0n) is 10.4. The molecule has 2 N–H and O–H groups in total. The first-order chi connectivity index (χ1) is 8.70. The van der Waals surface area contributed by atoms with Gasteiger partial charge in [0, 0.05) is 16.7 Å². The van der Waals surface area contributed by atoms with Crippen molar-refractivity contribution in [3.05, 3.63) is 22.3 Å². The van der Waals surface area contributed by atoms with Crippen LogP contribution >= 0.6 is 15.9 Å². The molecule has 2 rings (SSSR count). The van der Waals surface area contributed by atoms with E-state index >= 15 is 0 Å². The van der Waals surface area contributed by atoms with E-state index in [4.69, 9.17) is 5.26 Å². The summed E-state index contributed by atoms with van der Waals surface area (Å²) in [5.41, 5.74) is 0.583. The molecule has 1 aromatic heterocycles. The number of hydrogen-bond acceptors (Lipinski definition) is 4. The van der Waals surface area contributed by atoms with E-state index in [2.05, 4.69) is 44.5 Å². The molecule has 0 saturated carbocycles. The van der Waals surface area contributed by atoms with Crippen LogP contribution in [-0.4, -0.2) is 24.1 Å². The van der Waals surface area contributed by atoms with Gasteiger partial charge in [-0.15, -0.1) is 0 Å². The first-order valence-electron chi connectivity index (χ1n) is 6.23. The SMILES string of the molecule is CC(Nc1ncc(Br)cc1C#N)C1CCCNC1. The number of hydrogen-bond donors (Lipinski definition) is 2. The normalized spacial score (nSPS) is 21.1. The molecular formula is C13H17BrN4. The number of rotatable bonds is 3. The summed E-state index contributed by atoms with van der Waals surface area (Å²) in [6.07, 6.45) is 4.16. The zero-order chi connectivity index (χ0) is 13.0. The van der Waals surface area contributed by atoms with Crippen molar-refractivity contribution in [1.29, 1.82) is 5.26 Å². The Balaban J connectivity index is 2.06. The number of halogens is 1. The molecule has 0 bridgehead atoms. The number of piperidine rings is 1. The Morgan fingerprint density at radius 2 is 2.50 bits per heavy atom. The zero-order valence-corrected chi connectivity index (χ0v) is 12.0. The van der Waals surface area contributed by atoms with Crippen LogP contribution in [0.4, 0.5) is 5.82 Å². The Hall–Kier alpha value is -1.12. The van der Waals surface area contributed by atoms with Crippen LogP contribution in [0.25, 0.3) is 0 Å². The van der Waals surface area contributed by atoms with Crippen molar-refractivity contribution in [3.8, 4) is 6.07 Å². The van der Waals surface area contributed by atoms with Crippen LogP contribution in [0, 0.1) is 17.2 Å². The van der Waals surface area contributed by atoms with Crippen LogP contribution in [0.3, 0.4) is 0 Å². The summed E-state index contributed by atoms with van der Waals surface area (Å²) < 4.78 is 0.830. The van der Waals surface area contributed by atoms with Gasteiger partial charge >= 0.3 is 0 Å². The second-order valence-electron chi connectivity index (χ2n) is 4.70. The fraction of sp³-hybridized carbons (Fsp3) is 0.538. The van der Waals surface area contributed by atoms with Crippen LogP contribution < -0.4 is 10.6 Å². The molecule has 2 heterocycles. The fourth-order valence-electron chi connectivity index (χ4n) is 2.28. The van der Waals surface area contributed by atoms with E-state index in [0.29, 0.717) is 23.3 Å². The predicted octanol–water partition coefficient (Wildman–Crippen LogP) is 2.52. The molecule has 2 unspecified atom stereocenters. The van der Waals surface area contributed by atoms with E-state index in [1.54, 1.807) is 12.3 Å². The maximum Gasteiger partial charge on any atom is 0.144 e. The number of aromatic nitrogens is 1. The lowest BCUT2D eigenvalue weighted by Gasteiger charge is -2.29. The smallest absolute Gasteiger partial charge is 0.144 e. The molecular weight excluding hydrogens is 292 g/mol. The van der Waals surface area contributed by atoms with Crippen molar-refractivity contribution < 1.29 is 0 Å². The Kier molecular flexibility index (Phi) is 4.56. The van der Waals surface area contributed by atoms with E-state index in [0.717, 1.165) is 17.6 Å². The van der Waals surface area contributed by atoms with Gasteiger partial charge < -0.3 is 10.6 Å². The molecule has 0 aromatic carbocycles. The first kappa shape index (κ1) is 13.3. The van der Waals surface area contributed by atoms with Crippen molar-refractivity contribution in [2.24, 2.45) is 5.92 Å². The quantitative estimate of drug-likeness (QED) is 0.901. The highest BCUT2D eigenvalue weighted by Crippen LogP contribution is 2.21. The highest BCUT2D eigenvalue weighted by atomic mass is 79.9. The molecule has 1 aromatic rings. The highest BCUT2D eigenvalue weighted by molar-refractivity contribution is 9.10. The summed E-state index contributed by atoms with van der Waals surface area (Å²) in [7, 11) is 0. The summed E-state index contributed by atoms with van der Waals surface area (Å²) in [6.45, 7) is 4.30. The first-order valence-corrected chi connectivity index (χ1v) is 7.03. The van der Waals surface area contributed by atoms with E-state index in [9.17, 15) is 0 Å². The minimum atomic E-state index is 0.318. The lowest BCUT2D eigenvalue weighted by molar-refractivity contribution is 0.346. The van der Waals surface area contributed by atoms with Crippen LogP contribution in [0.1, 0.15) is 25.3 Å². The summed E-state index contributed by atoms with van der Waals surface area (Å²) in [5, 5.41) is 15.9. The van der Waals surface area contributed by atoms with Crippen LogP contribution in [0.5, 0.6) is 0 Å². The van der Waals surface area contributed by atoms with Gasteiger partial charge in [0.15, 0.2) is 0 Å². The monoisotopic (exact) mass is 308 g/mol. The van der Waals surface area contributed by atoms with Crippen molar-refractivity contribution in [2.75, 3.05) is 18.4 Å². The molecule has 0 spiro atoms. The molecule has 4 nitrogen and oxygen atoms in total. The molecule has 18 heavy (non-hydrogen) atoms. The minimum absolute atomic E-state index is 0.318. The number of nitrogens with zero attached hydrogens (tertiary/aromatic N) is 2. The van der Waals surface area contributed by atoms with Crippen molar-refractivity contribution >= 4 is 21.7 Å². The number of nitrogens with one attached hydrogen (secondary N) is 2. The second kappa shape index (κ2) is 6.17. The highest BCUT2D eigenvalue weighted by Gasteiger charge is 2.20. The standard InChI is InChI=1S/C13H17BrN4/c1-9(10-3-2-4-16-7-10)18-13-11(6-15)5-12(14)8-17-13/h5,8-10,16H,2-4,7H2,1H3,(H,17,18). The van der Waals surface area contributed by atoms with E-state index < -0.39 is 0 Å². The summed E-state index contributed by atoms with van der Waals surface area (Å²) in [6, 6.07) is 4.29. The summed E-state index contributed by atoms with van der Waals surface area (Å²) >= 11 is 3.33. The average Bonchev–Trinajstić information content (AvgIpc) is 2.41. The molecule has 96 valence electrons. The number of anilines is 1. The number of nitriles is 1. The minimum Gasteiger partial charge on any atom is -0.366 e. The Labute approximate surface area is 116 Å². The van der Waals surface area contributed by atoms with E-state index in [-0.39, 0.29) is 0 Å². The molecule has 1 aliphatic rings. The van der Waals surface area contributed by atoms with Gasteiger partial charge in [0.1, 0.15) is 11.9 Å². The van der Waals surface area contributed by atoms with Crippen molar-refractivity contribution in [1.82, 2.24) is 10.3 Å². The van der Waals surface area contributed by atoms with Gasteiger partial charge in [0.25, 0.3) is 0 Å². The summed E-state index contributed by atoms with van der Waals surface area (Å²) in [5.74, 6) is 1.27. The van der Waals surface area contributed by atoms with Gasteiger partial charge in [-0.3, -0.25) is 0 Å². The molecule has 0 amide bonds. The maximum absolute atomic E-state index is 9.10. The third-order valence-corrected chi connectivity index (χ3v) is 3.81. The molecule has 2 atom stereocenters. The Morgan fingerprint density at radius 1 is 1.67 bits per heavy atom. The third-order valence-electron chi connectivity index (χ3n) is 3.38. The fourth-order valence-corrected chi connectivity index (χ4v) is 2.61. The molecule has 5 heteroatoms. The van der Waals surface area contributed by atoms with E-state index in [1.807, 2.05) is 0 Å². The van der Waals surface area contributed by atoms with Crippen LogP contribution in [0.15, 0.2) is 16.7 Å².